The molecule has 0 aliphatic rings. The summed E-state index contributed by atoms with van der Waals surface area (Å²) in [6.45, 7) is 7.46. The van der Waals surface area contributed by atoms with Crippen LogP contribution in [-0.4, -0.2) is 21.8 Å². The Morgan fingerprint density at radius 1 is 1.44 bits per heavy atom. The van der Waals surface area contributed by atoms with Crippen molar-refractivity contribution in [1.29, 1.82) is 0 Å². The first-order valence-corrected chi connectivity index (χ1v) is 7.27. The number of aromatic nitrogens is 2. The predicted octanol–water partition coefficient (Wildman–Crippen LogP) is 3.95. The quantitative estimate of drug-likeness (QED) is 0.638. The van der Waals surface area contributed by atoms with Gasteiger partial charge >= 0.3 is 0 Å². The third kappa shape index (κ3) is 3.94. The number of nitrogens with one attached hydrogen (secondary N) is 1. The molecule has 0 bridgehead atoms. The lowest BCUT2D eigenvalue weighted by atomic mass is 10.4. The highest BCUT2D eigenvalue weighted by Gasteiger charge is 2.11. The van der Waals surface area contributed by atoms with Gasteiger partial charge in [-0.1, -0.05) is 20.8 Å². The molecule has 1 unspecified atom stereocenters. The summed E-state index contributed by atoms with van der Waals surface area (Å²) in [6, 6.07) is 0. The molecule has 1 rings (SSSR count). The zero-order chi connectivity index (χ0) is 12.0. The van der Waals surface area contributed by atoms with Gasteiger partial charge in [-0.15, -0.1) is 11.8 Å². The van der Waals surface area contributed by atoms with Crippen LogP contribution in [0.25, 0.3) is 0 Å². The van der Waals surface area contributed by atoms with Gasteiger partial charge in [0.05, 0.1) is 4.47 Å². The van der Waals surface area contributed by atoms with Crippen molar-refractivity contribution in [2.45, 2.75) is 43.9 Å². The highest BCUT2D eigenvalue weighted by Crippen LogP contribution is 2.33. The molecule has 5 heteroatoms. The topological polar surface area (TPSA) is 37.8 Å². The lowest BCUT2D eigenvalue weighted by molar-refractivity contribution is 0.895. The van der Waals surface area contributed by atoms with Crippen molar-refractivity contribution < 1.29 is 0 Å². The summed E-state index contributed by atoms with van der Waals surface area (Å²) >= 11 is 5.34. The standard InChI is InChI=1S/C11H18BrN3S/c1-4-6-13-10-9(12)11(15-7-14-10)16-8(3)5-2/h7-8H,4-6H2,1-3H3,(H,13,14,15). The summed E-state index contributed by atoms with van der Waals surface area (Å²) in [4.78, 5) is 8.53. The Morgan fingerprint density at radius 3 is 2.81 bits per heavy atom. The molecular weight excluding hydrogens is 286 g/mol. The largest absolute Gasteiger partial charge is 0.369 e. The van der Waals surface area contributed by atoms with Crippen molar-refractivity contribution in [3.05, 3.63) is 10.8 Å². The first-order chi connectivity index (χ1) is 7.69. The van der Waals surface area contributed by atoms with Crippen LogP contribution in [0.1, 0.15) is 33.6 Å². The molecule has 90 valence electrons. The summed E-state index contributed by atoms with van der Waals surface area (Å²) in [5.74, 6) is 0.891. The van der Waals surface area contributed by atoms with Crippen LogP contribution < -0.4 is 5.32 Å². The highest BCUT2D eigenvalue weighted by molar-refractivity contribution is 9.10. The van der Waals surface area contributed by atoms with E-state index >= 15 is 0 Å². The number of hydrogen-bond acceptors (Lipinski definition) is 4. The van der Waals surface area contributed by atoms with Crippen molar-refractivity contribution in [1.82, 2.24) is 9.97 Å². The molecule has 0 saturated heterocycles. The zero-order valence-corrected chi connectivity index (χ0v) is 12.4. The van der Waals surface area contributed by atoms with E-state index in [4.69, 9.17) is 0 Å². The minimum absolute atomic E-state index is 0.574. The molecule has 0 amide bonds. The Labute approximate surface area is 110 Å². The third-order valence-corrected chi connectivity index (χ3v) is 4.47. The van der Waals surface area contributed by atoms with Gasteiger partial charge in [0.25, 0.3) is 0 Å². The Bertz CT molecular complexity index is 333. The van der Waals surface area contributed by atoms with Gasteiger partial charge in [0.15, 0.2) is 0 Å². The molecule has 0 aliphatic carbocycles. The first kappa shape index (κ1) is 13.8. The Morgan fingerprint density at radius 2 is 2.19 bits per heavy atom. The molecule has 0 aliphatic heterocycles. The lowest BCUT2D eigenvalue weighted by Gasteiger charge is -2.11. The Balaban J connectivity index is 2.77. The number of hydrogen-bond donors (Lipinski definition) is 1. The number of thioether (sulfide) groups is 1. The lowest BCUT2D eigenvalue weighted by Crippen LogP contribution is -2.04. The molecule has 0 fully saturated rings. The monoisotopic (exact) mass is 303 g/mol. The van der Waals surface area contributed by atoms with E-state index in [1.54, 1.807) is 18.1 Å². The average molecular weight is 304 g/mol. The number of nitrogens with zero attached hydrogens (tertiary/aromatic N) is 2. The normalized spacial score (nSPS) is 12.5. The summed E-state index contributed by atoms with van der Waals surface area (Å²) in [7, 11) is 0. The second-order valence-electron chi connectivity index (χ2n) is 3.60. The summed E-state index contributed by atoms with van der Waals surface area (Å²) in [6.07, 6.45) is 3.84. The van der Waals surface area contributed by atoms with Crippen molar-refractivity contribution in [3.8, 4) is 0 Å². The predicted molar refractivity (Wildman–Crippen MR) is 74.1 cm³/mol. The van der Waals surface area contributed by atoms with Crippen LogP contribution in [0.2, 0.25) is 0 Å². The fourth-order valence-electron chi connectivity index (χ4n) is 1.08. The molecule has 1 aromatic heterocycles. The van der Waals surface area contributed by atoms with Gasteiger partial charge in [-0.05, 0) is 28.8 Å². The maximum absolute atomic E-state index is 4.30. The van der Waals surface area contributed by atoms with Crippen molar-refractivity contribution in [3.63, 3.8) is 0 Å². The fraction of sp³-hybridized carbons (Fsp3) is 0.636. The van der Waals surface area contributed by atoms with Crippen molar-refractivity contribution in [2.75, 3.05) is 11.9 Å². The summed E-state index contributed by atoms with van der Waals surface area (Å²) < 4.78 is 0.980. The van der Waals surface area contributed by atoms with E-state index < -0.39 is 0 Å². The van der Waals surface area contributed by atoms with Gasteiger partial charge in [-0.2, -0.15) is 0 Å². The first-order valence-electron chi connectivity index (χ1n) is 5.60. The van der Waals surface area contributed by atoms with Crippen LogP contribution in [0.3, 0.4) is 0 Å². The van der Waals surface area contributed by atoms with Crippen LogP contribution in [-0.2, 0) is 0 Å². The van der Waals surface area contributed by atoms with Gasteiger partial charge in [0.2, 0.25) is 0 Å². The SMILES string of the molecule is CCCNc1ncnc(SC(C)CC)c1Br. The second kappa shape index (κ2) is 7.12. The minimum Gasteiger partial charge on any atom is -0.369 e. The van der Waals surface area contributed by atoms with Gasteiger partial charge < -0.3 is 5.32 Å². The molecule has 0 aromatic carbocycles. The van der Waals surface area contributed by atoms with E-state index in [0.717, 1.165) is 34.7 Å². The summed E-state index contributed by atoms with van der Waals surface area (Å²) in [5, 5.41) is 4.87. The van der Waals surface area contributed by atoms with Gasteiger partial charge in [0.1, 0.15) is 17.2 Å². The van der Waals surface area contributed by atoms with E-state index in [1.807, 2.05) is 0 Å². The molecular formula is C11H18BrN3S. The van der Waals surface area contributed by atoms with E-state index in [9.17, 15) is 0 Å². The smallest absolute Gasteiger partial charge is 0.144 e. The molecule has 1 heterocycles. The Hall–Kier alpha value is -0.290. The highest BCUT2D eigenvalue weighted by atomic mass is 79.9. The average Bonchev–Trinajstić information content (AvgIpc) is 2.30. The van der Waals surface area contributed by atoms with Gasteiger partial charge in [0, 0.05) is 11.8 Å². The molecule has 0 radical (unpaired) electrons. The zero-order valence-electron chi connectivity index (χ0n) is 9.96. The molecule has 0 spiro atoms. The molecule has 1 atom stereocenters. The van der Waals surface area contributed by atoms with Crippen LogP contribution in [0, 0.1) is 0 Å². The second-order valence-corrected chi connectivity index (χ2v) is 5.83. The van der Waals surface area contributed by atoms with Crippen LogP contribution >= 0.6 is 27.7 Å². The minimum atomic E-state index is 0.574. The van der Waals surface area contributed by atoms with Gasteiger partial charge in [-0.25, -0.2) is 9.97 Å². The van der Waals surface area contributed by atoms with Crippen molar-refractivity contribution in [2.24, 2.45) is 0 Å². The Kier molecular flexibility index (Phi) is 6.13. The van der Waals surface area contributed by atoms with E-state index in [1.165, 1.54) is 0 Å². The molecule has 1 aromatic rings. The molecule has 0 saturated carbocycles. The molecule has 16 heavy (non-hydrogen) atoms. The number of rotatable bonds is 6. The molecule has 1 N–H and O–H groups in total. The third-order valence-electron chi connectivity index (χ3n) is 2.19. The van der Waals surface area contributed by atoms with E-state index in [2.05, 4.69) is 52.0 Å². The van der Waals surface area contributed by atoms with Crippen LogP contribution in [0.5, 0.6) is 0 Å². The van der Waals surface area contributed by atoms with Crippen molar-refractivity contribution >= 4 is 33.5 Å². The fourth-order valence-corrected chi connectivity index (χ4v) is 2.56. The maximum atomic E-state index is 4.30. The summed E-state index contributed by atoms with van der Waals surface area (Å²) in [5.41, 5.74) is 0. The van der Waals surface area contributed by atoms with Crippen LogP contribution in [0.15, 0.2) is 15.8 Å². The van der Waals surface area contributed by atoms with E-state index in [0.29, 0.717) is 5.25 Å². The number of halogens is 1. The maximum Gasteiger partial charge on any atom is 0.144 e. The van der Waals surface area contributed by atoms with Crippen LogP contribution in [0.4, 0.5) is 5.82 Å². The van der Waals surface area contributed by atoms with E-state index in [-0.39, 0.29) is 0 Å². The molecule has 3 nitrogen and oxygen atoms in total. The number of anilines is 1. The van der Waals surface area contributed by atoms with Gasteiger partial charge in [-0.3, -0.25) is 0 Å².